The van der Waals surface area contributed by atoms with Crippen molar-refractivity contribution in [2.24, 2.45) is 0 Å². The van der Waals surface area contributed by atoms with Gasteiger partial charge in [0.15, 0.2) is 0 Å². The molecule has 0 aliphatic heterocycles. The van der Waals surface area contributed by atoms with E-state index in [0.29, 0.717) is 28.8 Å². The van der Waals surface area contributed by atoms with Crippen molar-refractivity contribution in [1.29, 1.82) is 5.26 Å². The van der Waals surface area contributed by atoms with E-state index in [0.717, 1.165) is 5.56 Å². The Kier molecular flexibility index (Phi) is 6.23. The minimum Gasteiger partial charge on any atom is -0.457 e. The van der Waals surface area contributed by atoms with E-state index in [1.165, 1.54) is 0 Å². The first-order valence-electron chi connectivity index (χ1n) is 8.76. The van der Waals surface area contributed by atoms with Crippen LogP contribution in [0.3, 0.4) is 0 Å². The molecule has 138 valence electrons. The third-order valence-corrected chi connectivity index (χ3v) is 4.27. The number of hydrogen-bond acceptors (Lipinski definition) is 5. The minimum absolute atomic E-state index is 0.277. The van der Waals surface area contributed by atoms with Gasteiger partial charge < -0.3 is 14.4 Å². The molecule has 1 unspecified atom stereocenters. The van der Waals surface area contributed by atoms with Gasteiger partial charge >= 0.3 is 7.12 Å². The van der Waals surface area contributed by atoms with Crippen LogP contribution in [0.2, 0.25) is 0 Å². The lowest BCUT2D eigenvalue weighted by molar-refractivity contribution is 0.112. The van der Waals surface area contributed by atoms with Crippen LogP contribution in [-0.4, -0.2) is 18.4 Å². The molecule has 0 aromatic heterocycles. The van der Waals surface area contributed by atoms with Gasteiger partial charge in [0.25, 0.3) is 0 Å². The molecule has 1 N–H and O–H groups in total. The van der Waals surface area contributed by atoms with Gasteiger partial charge in [-0.05, 0) is 54.3 Å². The van der Waals surface area contributed by atoms with Gasteiger partial charge in [0.2, 0.25) is 0 Å². The Morgan fingerprint density at radius 1 is 1.04 bits per heavy atom. The summed E-state index contributed by atoms with van der Waals surface area (Å²) in [6.07, 6.45) is 0.311. The van der Waals surface area contributed by atoms with E-state index >= 15 is 0 Å². The SMILES string of the molecule is CC(OB(O)c1ccc(Oc2ccc(C#N)cc2)cc1C=O)c1ccccc1. The number of nitriles is 1. The summed E-state index contributed by atoms with van der Waals surface area (Å²) in [5, 5.41) is 19.3. The van der Waals surface area contributed by atoms with Crippen LogP contribution in [0.15, 0.2) is 72.8 Å². The van der Waals surface area contributed by atoms with E-state index in [1.54, 1.807) is 42.5 Å². The van der Waals surface area contributed by atoms with Crippen molar-refractivity contribution >= 4 is 18.9 Å². The van der Waals surface area contributed by atoms with Gasteiger partial charge in [-0.3, -0.25) is 4.79 Å². The number of rotatable bonds is 7. The van der Waals surface area contributed by atoms with E-state index in [4.69, 9.17) is 14.7 Å². The predicted molar refractivity (Wildman–Crippen MR) is 107 cm³/mol. The summed E-state index contributed by atoms with van der Waals surface area (Å²) in [4.78, 5) is 11.5. The fraction of sp³-hybridized carbons (Fsp3) is 0.0909. The summed E-state index contributed by atoms with van der Waals surface area (Å²) >= 11 is 0. The molecular formula is C22H18BNO4. The first kappa shape index (κ1) is 19.4. The molecule has 0 heterocycles. The molecular weight excluding hydrogens is 353 g/mol. The number of benzene rings is 3. The lowest BCUT2D eigenvalue weighted by Gasteiger charge is -2.17. The van der Waals surface area contributed by atoms with Gasteiger partial charge in [-0.15, -0.1) is 0 Å². The number of carbonyl (C=O) groups excluding carboxylic acids is 1. The fourth-order valence-corrected chi connectivity index (χ4v) is 2.75. The molecule has 0 spiro atoms. The summed E-state index contributed by atoms with van der Waals surface area (Å²) in [6, 6.07) is 23.0. The summed E-state index contributed by atoms with van der Waals surface area (Å²) in [5.41, 5.74) is 2.10. The summed E-state index contributed by atoms with van der Waals surface area (Å²) < 4.78 is 11.4. The van der Waals surface area contributed by atoms with E-state index in [-0.39, 0.29) is 11.7 Å². The van der Waals surface area contributed by atoms with Crippen molar-refractivity contribution in [2.45, 2.75) is 13.0 Å². The Morgan fingerprint density at radius 3 is 2.36 bits per heavy atom. The quantitative estimate of drug-likeness (QED) is 0.507. The van der Waals surface area contributed by atoms with Crippen LogP contribution < -0.4 is 10.2 Å². The van der Waals surface area contributed by atoms with Gasteiger partial charge in [-0.25, -0.2) is 0 Å². The zero-order valence-corrected chi connectivity index (χ0v) is 15.3. The molecule has 0 saturated carbocycles. The number of ether oxygens (including phenoxy) is 1. The zero-order chi connectivity index (χ0) is 19.9. The van der Waals surface area contributed by atoms with Crippen LogP contribution in [-0.2, 0) is 4.65 Å². The molecule has 0 aliphatic rings. The van der Waals surface area contributed by atoms with Crippen molar-refractivity contribution in [3.05, 3.63) is 89.5 Å². The Labute approximate surface area is 163 Å². The monoisotopic (exact) mass is 371 g/mol. The van der Waals surface area contributed by atoms with Gasteiger partial charge in [0.1, 0.15) is 17.8 Å². The van der Waals surface area contributed by atoms with Crippen LogP contribution in [0.5, 0.6) is 11.5 Å². The smallest absolute Gasteiger partial charge is 0.457 e. The molecule has 0 aliphatic carbocycles. The normalized spacial score (nSPS) is 11.3. The Morgan fingerprint density at radius 2 is 1.71 bits per heavy atom. The van der Waals surface area contributed by atoms with E-state index in [2.05, 4.69) is 0 Å². The molecule has 0 amide bonds. The second-order valence-electron chi connectivity index (χ2n) is 6.19. The lowest BCUT2D eigenvalue weighted by Crippen LogP contribution is -2.37. The molecule has 0 fully saturated rings. The summed E-state index contributed by atoms with van der Waals surface area (Å²) in [5.74, 6) is 0.983. The van der Waals surface area contributed by atoms with Gasteiger partial charge in [-0.2, -0.15) is 5.26 Å². The molecule has 28 heavy (non-hydrogen) atoms. The number of carbonyl (C=O) groups is 1. The minimum atomic E-state index is -1.25. The van der Waals surface area contributed by atoms with Crippen molar-refractivity contribution < 1.29 is 19.2 Å². The second kappa shape index (κ2) is 9.00. The second-order valence-corrected chi connectivity index (χ2v) is 6.19. The summed E-state index contributed by atoms with van der Waals surface area (Å²) in [7, 11) is -1.25. The molecule has 5 nitrogen and oxygen atoms in total. The topological polar surface area (TPSA) is 79.5 Å². The zero-order valence-electron chi connectivity index (χ0n) is 15.3. The third kappa shape index (κ3) is 4.66. The Bertz CT molecular complexity index is 984. The Hall–Kier alpha value is -3.40. The molecule has 3 aromatic rings. The third-order valence-electron chi connectivity index (χ3n) is 4.27. The highest BCUT2D eigenvalue weighted by atomic mass is 16.5. The highest BCUT2D eigenvalue weighted by Crippen LogP contribution is 2.22. The predicted octanol–water partition coefficient (Wildman–Crippen LogP) is 3.63. The van der Waals surface area contributed by atoms with Crippen molar-refractivity contribution in [3.8, 4) is 17.6 Å². The standard InChI is InChI=1S/C22H18BNO4/c1-16(18-5-3-2-4-6-18)28-23(26)22-12-11-21(13-19(22)15-25)27-20-9-7-17(14-24)8-10-20/h2-13,15-16,26H,1H3. The van der Waals surface area contributed by atoms with E-state index in [1.807, 2.05) is 43.3 Å². The number of nitrogens with zero attached hydrogens (tertiary/aromatic N) is 1. The van der Waals surface area contributed by atoms with Crippen molar-refractivity contribution in [1.82, 2.24) is 0 Å². The lowest BCUT2D eigenvalue weighted by atomic mass is 9.76. The largest absolute Gasteiger partial charge is 0.492 e. The molecule has 0 radical (unpaired) electrons. The number of aldehydes is 1. The molecule has 0 bridgehead atoms. The maximum atomic E-state index is 11.5. The number of hydrogen-bond donors (Lipinski definition) is 1. The highest BCUT2D eigenvalue weighted by molar-refractivity contribution is 6.61. The highest BCUT2D eigenvalue weighted by Gasteiger charge is 2.24. The maximum absolute atomic E-state index is 11.5. The average molecular weight is 371 g/mol. The molecule has 0 saturated heterocycles. The molecule has 6 heteroatoms. The van der Waals surface area contributed by atoms with Crippen LogP contribution in [0, 0.1) is 11.3 Å². The van der Waals surface area contributed by atoms with Crippen LogP contribution >= 0.6 is 0 Å². The fourth-order valence-electron chi connectivity index (χ4n) is 2.75. The van der Waals surface area contributed by atoms with Crippen LogP contribution in [0.1, 0.15) is 34.5 Å². The molecule has 3 rings (SSSR count). The van der Waals surface area contributed by atoms with E-state index < -0.39 is 7.12 Å². The Balaban J connectivity index is 1.75. The maximum Gasteiger partial charge on any atom is 0.492 e. The first-order valence-corrected chi connectivity index (χ1v) is 8.76. The van der Waals surface area contributed by atoms with Crippen molar-refractivity contribution in [2.75, 3.05) is 0 Å². The van der Waals surface area contributed by atoms with Crippen molar-refractivity contribution in [3.63, 3.8) is 0 Å². The van der Waals surface area contributed by atoms with Crippen LogP contribution in [0.25, 0.3) is 0 Å². The van der Waals surface area contributed by atoms with E-state index in [9.17, 15) is 9.82 Å². The van der Waals surface area contributed by atoms with Crippen LogP contribution in [0.4, 0.5) is 0 Å². The van der Waals surface area contributed by atoms with Gasteiger partial charge in [-0.1, -0.05) is 36.4 Å². The molecule has 1 atom stereocenters. The summed E-state index contributed by atoms with van der Waals surface area (Å²) in [6.45, 7) is 1.83. The van der Waals surface area contributed by atoms with Gasteiger partial charge in [0, 0.05) is 5.56 Å². The van der Waals surface area contributed by atoms with Gasteiger partial charge in [0.05, 0.1) is 17.7 Å². The first-order chi connectivity index (χ1) is 13.6. The molecule has 3 aromatic carbocycles. The average Bonchev–Trinajstić information content (AvgIpc) is 2.74.